The average molecular weight is 638 g/mol. The fourth-order valence-electron chi connectivity index (χ4n) is 4.11. The summed E-state index contributed by atoms with van der Waals surface area (Å²) in [5.41, 5.74) is -1.74. The third kappa shape index (κ3) is 8.86. The van der Waals surface area contributed by atoms with Gasteiger partial charge in [0, 0.05) is 17.2 Å². The quantitative estimate of drug-likeness (QED) is 0.199. The summed E-state index contributed by atoms with van der Waals surface area (Å²) in [6.45, 7) is 3.45. The highest BCUT2D eigenvalue weighted by Gasteiger charge is 2.32. The van der Waals surface area contributed by atoms with Gasteiger partial charge in [-0.1, -0.05) is 6.07 Å². The van der Waals surface area contributed by atoms with E-state index in [9.17, 15) is 37.1 Å². The highest BCUT2D eigenvalue weighted by molar-refractivity contribution is 5.96. The van der Waals surface area contributed by atoms with Gasteiger partial charge < -0.3 is 34.4 Å². The van der Waals surface area contributed by atoms with Gasteiger partial charge in [0.1, 0.15) is 17.2 Å². The summed E-state index contributed by atoms with van der Waals surface area (Å²) in [6.07, 6.45) is 0.975. The molecule has 0 bridgehead atoms. The molecule has 1 heterocycles. The second-order valence-corrected chi connectivity index (χ2v) is 11.3. The fourth-order valence-corrected chi connectivity index (χ4v) is 4.11. The number of amides is 2. The zero-order chi connectivity index (χ0) is 33.1. The van der Waals surface area contributed by atoms with Crippen molar-refractivity contribution in [1.82, 2.24) is 15.6 Å². The van der Waals surface area contributed by atoms with E-state index in [1.54, 1.807) is 20.8 Å². The van der Waals surface area contributed by atoms with E-state index in [0.29, 0.717) is 6.07 Å². The molecule has 1 saturated carbocycles. The molecule has 3 aromatic rings. The van der Waals surface area contributed by atoms with E-state index in [0.717, 1.165) is 25.0 Å². The van der Waals surface area contributed by atoms with Gasteiger partial charge in [-0.05, 0) is 70.7 Å². The van der Waals surface area contributed by atoms with Crippen molar-refractivity contribution in [3.05, 3.63) is 65.1 Å². The normalized spacial score (nSPS) is 14.4. The van der Waals surface area contributed by atoms with Gasteiger partial charge in [-0.15, -0.1) is 0 Å². The summed E-state index contributed by atoms with van der Waals surface area (Å²) in [7, 11) is 0. The smallest absolute Gasteiger partial charge is 0.408 e. The van der Waals surface area contributed by atoms with E-state index in [1.165, 1.54) is 25.1 Å². The number of rotatable bonds is 12. The number of carboxylic acids is 1. The molecule has 0 radical (unpaired) electrons. The van der Waals surface area contributed by atoms with Crippen LogP contribution >= 0.6 is 0 Å². The van der Waals surface area contributed by atoms with E-state index < -0.39 is 65.2 Å². The maximum atomic E-state index is 14.5. The highest BCUT2D eigenvalue weighted by Crippen LogP contribution is 2.37. The lowest BCUT2D eigenvalue weighted by Gasteiger charge is -2.21. The van der Waals surface area contributed by atoms with E-state index in [1.807, 2.05) is 0 Å². The van der Waals surface area contributed by atoms with Crippen LogP contribution in [0.1, 0.15) is 74.4 Å². The molecule has 1 aliphatic carbocycles. The minimum atomic E-state index is -3.13. The number of carbonyl (C=O) groups is 3. The van der Waals surface area contributed by atoms with Crippen molar-refractivity contribution in [3.8, 4) is 23.0 Å². The number of benzene rings is 2. The van der Waals surface area contributed by atoms with E-state index in [-0.39, 0.29) is 41.2 Å². The molecule has 0 spiro atoms. The molecule has 0 saturated heterocycles. The number of aromatic nitrogens is 1. The minimum absolute atomic E-state index is 0.0388. The third-order valence-corrected chi connectivity index (χ3v) is 6.37. The molecule has 3 N–H and O–H groups in total. The van der Waals surface area contributed by atoms with Crippen LogP contribution in [0.4, 0.5) is 22.4 Å². The number of aliphatic carboxylic acids is 1. The lowest BCUT2D eigenvalue weighted by molar-refractivity contribution is -0.139. The summed E-state index contributed by atoms with van der Waals surface area (Å²) < 4.78 is 75.3. The number of carbonyl (C=O) groups excluding carboxylic acids is 2. The van der Waals surface area contributed by atoms with Gasteiger partial charge in [0.25, 0.3) is 5.91 Å². The second kappa shape index (κ2) is 13.4. The molecule has 0 aliphatic heterocycles. The molecule has 45 heavy (non-hydrogen) atoms. The molecule has 2 amide bonds. The zero-order valence-corrected chi connectivity index (χ0v) is 24.7. The molecule has 1 aromatic heterocycles. The minimum Gasteiger partial charge on any atom is -0.489 e. The van der Waals surface area contributed by atoms with Crippen LogP contribution in [0.2, 0.25) is 0 Å². The SMILES string of the molecule is C[C@H](NC(=O)OC(C)(C)C)c1oc(-c2ccc(OC(F)F)c(OCC3CC3)c2)nc1C(=O)NC(C(=O)O)c1ccc(F)cc1F. The second-order valence-electron chi connectivity index (χ2n) is 11.3. The van der Waals surface area contributed by atoms with Crippen molar-refractivity contribution < 1.29 is 55.7 Å². The molecular weight excluding hydrogens is 606 g/mol. The maximum absolute atomic E-state index is 14.5. The number of hydrogen-bond donors (Lipinski definition) is 3. The predicted molar refractivity (Wildman–Crippen MR) is 149 cm³/mol. The van der Waals surface area contributed by atoms with Crippen LogP contribution in [0.15, 0.2) is 40.8 Å². The Balaban J connectivity index is 1.72. The van der Waals surface area contributed by atoms with Gasteiger partial charge in [0.05, 0.1) is 12.6 Å². The molecule has 4 rings (SSSR count). The van der Waals surface area contributed by atoms with E-state index >= 15 is 0 Å². The molecule has 2 atom stereocenters. The number of alkyl carbamates (subject to hydrolysis) is 1. The van der Waals surface area contributed by atoms with Gasteiger partial charge >= 0.3 is 18.7 Å². The number of oxazole rings is 1. The van der Waals surface area contributed by atoms with Crippen LogP contribution in [0.5, 0.6) is 11.5 Å². The number of alkyl halides is 2. The van der Waals surface area contributed by atoms with Crippen molar-refractivity contribution in [2.24, 2.45) is 5.92 Å². The topological polar surface area (TPSA) is 149 Å². The Morgan fingerprint density at radius 1 is 1.07 bits per heavy atom. The van der Waals surface area contributed by atoms with Crippen molar-refractivity contribution in [2.75, 3.05) is 6.61 Å². The first-order valence-corrected chi connectivity index (χ1v) is 13.8. The summed E-state index contributed by atoms with van der Waals surface area (Å²) in [4.78, 5) is 42.2. The van der Waals surface area contributed by atoms with Gasteiger partial charge in [0.2, 0.25) is 5.89 Å². The fraction of sp³-hybridized carbons (Fsp3) is 0.400. The standard InChI is InChI=1S/C30H31F4N3O8/c1-14(35-29(41)45-30(2,3)4)24-23(25(38)36-22(27(39)40)18-9-8-17(31)12-19(18)32)37-26(44-24)16-7-10-20(43-28(33)34)21(11-16)42-13-15-5-6-15/h7-12,14-15,22,28H,5-6,13H2,1-4H3,(H,35,41)(H,36,38)(H,39,40)/t14-,22?/m0/s1. The van der Waals surface area contributed by atoms with Crippen LogP contribution in [-0.4, -0.2) is 46.9 Å². The first-order chi connectivity index (χ1) is 21.1. The first-order valence-electron chi connectivity index (χ1n) is 13.8. The first kappa shape index (κ1) is 33.1. The molecular formula is C30H31F4N3O8. The van der Waals surface area contributed by atoms with E-state index in [2.05, 4.69) is 20.4 Å². The Hall–Kier alpha value is -4.82. The monoisotopic (exact) mass is 637 g/mol. The number of ether oxygens (including phenoxy) is 3. The van der Waals surface area contributed by atoms with Crippen LogP contribution in [0.25, 0.3) is 11.5 Å². The largest absolute Gasteiger partial charge is 0.489 e. The van der Waals surface area contributed by atoms with Crippen LogP contribution < -0.4 is 20.1 Å². The Kier molecular flexibility index (Phi) is 9.88. The average Bonchev–Trinajstić information content (AvgIpc) is 3.64. The Morgan fingerprint density at radius 2 is 1.78 bits per heavy atom. The highest BCUT2D eigenvalue weighted by atomic mass is 19.3. The molecule has 242 valence electrons. The van der Waals surface area contributed by atoms with Crippen molar-refractivity contribution >= 4 is 18.0 Å². The summed E-state index contributed by atoms with van der Waals surface area (Å²) in [5.74, 6) is -5.46. The van der Waals surface area contributed by atoms with Gasteiger partial charge in [-0.25, -0.2) is 23.4 Å². The Labute approximate surface area is 254 Å². The lowest BCUT2D eigenvalue weighted by Crippen LogP contribution is -2.37. The molecule has 2 aromatic carbocycles. The van der Waals surface area contributed by atoms with Gasteiger partial charge in [-0.2, -0.15) is 8.78 Å². The number of nitrogens with one attached hydrogen (secondary N) is 2. The number of carboxylic acid groups (broad SMARTS) is 1. The van der Waals surface area contributed by atoms with Crippen molar-refractivity contribution in [3.63, 3.8) is 0 Å². The lowest BCUT2D eigenvalue weighted by atomic mass is 10.1. The molecule has 1 fully saturated rings. The summed E-state index contributed by atoms with van der Waals surface area (Å²) in [5, 5.41) is 14.4. The molecule has 1 aliphatic rings. The zero-order valence-electron chi connectivity index (χ0n) is 24.7. The molecule has 11 nitrogen and oxygen atoms in total. The van der Waals surface area contributed by atoms with Gasteiger partial charge in [0.15, 0.2) is 29.0 Å². The third-order valence-electron chi connectivity index (χ3n) is 6.37. The van der Waals surface area contributed by atoms with Crippen molar-refractivity contribution in [1.29, 1.82) is 0 Å². The Bertz CT molecular complexity index is 1570. The van der Waals surface area contributed by atoms with Gasteiger partial charge in [-0.3, -0.25) is 4.79 Å². The van der Waals surface area contributed by atoms with Crippen molar-refractivity contribution in [2.45, 2.75) is 64.8 Å². The summed E-state index contributed by atoms with van der Waals surface area (Å²) >= 11 is 0. The number of halogens is 4. The Morgan fingerprint density at radius 3 is 2.38 bits per heavy atom. The maximum Gasteiger partial charge on any atom is 0.408 e. The number of hydrogen-bond acceptors (Lipinski definition) is 8. The van der Waals surface area contributed by atoms with E-state index in [4.69, 9.17) is 13.9 Å². The molecule has 1 unspecified atom stereocenters. The van der Waals surface area contributed by atoms with Crippen LogP contribution in [0.3, 0.4) is 0 Å². The van der Waals surface area contributed by atoms with Crippen LogP contribution in [-0.2, 0) is 9.53 Å². The molecule has 15 heteroatoms. The van der Waals surface area contributed by atoms with Crippen LogP contribution in [0, 0.1) is 17.6 Å². The number of nitrogens with zero attached hydrogens (tertiary/aromatic N) is 1. The predicted octanol–water partition coefficient (Wildman–Crippen LogP) is 6.15. The summed E-state index contributed by atoms with van der Waals surface area (Å²) in [6, 6.07) is 2.96.